The van der Waals surface area contributed by atoms with Crippen molar-refractivity contribution in [3.05, 3.63) is 54.4 Å². The van der Waals surface area contributed by atoms with E-state index in [2.05, 4.69) is 27.8 Å². The average molecular weight is 371 g/mol. The van der Waals surface area contributed by atoms with Crippen molar-refractivity contribution in [3.8, 4) is 5.75 Å². The fraction of sp³-hybridized carbons (Fsp3) is 0.350. The third-order valence-corrected chi connectivity index (χ3v) is 4.12. The third kappa shape index (κ3) is 7.19. The van der Waals surface area contributed by atoms with Gasteiger partial charge in [0, 0.05) is 6.20 Å². The lowest BCUT2D eigenvalue weighted by atomic mass is 10.0. The maximum atomic E-state index is 9.50. The minimum atomic E-state index is 0.248. The summed E-state index contributed by atoms with van der Waals surface area (Å²) in [5, 5.41) is 17.5. The Labute approximate surface area is 160 Å². The normalized spacial score (nSPS) is 11.2. The van der Waals surface area contributed by atoms with Crippen LogP contribution in [-0.4, -0.2) is 20.9 Å². The van der Waals surface area contributed by atoms with Crippen LogP contribution in [0.15, 0.2) is 53.9 Å². The number of hydrazone groups is 1. The first-order chi connectivity index (χ1) is 12.7. The summed E-state index contributed by atoms with van der Waals surface area (Å²) in [5.41, 5.74) is 5.63. The maximum absolute atomic E-state index is 9.50. The van der Waals surface area contributed by atoms with E-state index in [1.54, 1.807) is 24.5 Å². The van der Waals surface area contributed by atoms with Gasteiger partial charge in [-0.1, -0.05) is 32.6 Å². The molecule has 26 heavy (non-hydrogen) atoms. The fourth-order valence-corrected chi connectivity index (χ4v) is 2.69. The molecular formula is C20H26N4OS. The zero-order valence-corrected chi connectivity index (χ0v) is 15.9. The number of aromatic nitrogens is 1. The van der Waals surface area contributed by atoms with Crippen molar-refractivity contribution in [2.24, 2.45) is 5.10 Å². The molecule has 1 heterocycles. The summed E-state index contributed by atoms with van der Waals surface area (Å²) in [6, 6.07) is 10.8. The number of hydrogen-bond acceptors (Lipinski definition) is 4. The van der Waals surface area contributed by atoms with Crippen LogP contribution >= 0.6 is 12.2 Å². The second-order valence-electron chi connectivity index (χ2n) is 6.08. The molecule has 0 aliphatic carbocycles. The summed E-state index contributed by atoms with van der Waals surface area (Å²) in [4.78, 5) is 4.04. The number of phenolic OH excluding ortho intramolecular Hbond substituents is 1. The highest BCUT2D eigenvalue weighted by atomic mass is 32.1. The summed E-state index contributed by atoms with van der Waals surface area (Å²) < 4.78 is 0. The van der Waals surface area contributed by atoms with Gasteiger partial charge in [0.1, 0.15) is 5.75 Å². The Morgan fingerprint density at radius 1 is 1.12 bits per heavy atom. The minimum Gasteiger partial charge on any atom is -0.508 e. The van der Waals surface area contributed by atoms with Crippen molar-refractivity contribution in [3.63, 3.8) is 0 Å². The van der Waals surface area contributed by atoms with Crippen molar-refractivity contribution >= 4 is 28.7 Å². The van der Waals surface area contributed by atoms with Crippen LogP contribution in [0.2, 0.25) is 0 Å². The van der Waals surface area contributed by atoms with E-state index >= 15 is 0 Å². The lowest BCUT2D eigenvalue weighted by Gasteiger charge is -2.10. The van der Waals surface area contributed by atoms with Gasteiger partial charge in [0.2, 0.25) is 0 Å². The molecule has 0 saturated heterocycles. The smallest absolute Gasteiger partial charge is 0.191 e. The molecule has 138 valence electrons. The first-order valence-corrected chi connectivity index (χ1v) is 9.43. The number of hydrogen-bond donors (Lipinski definition) is 3. The molecule has 1 aromatic carbocycles. The SMILES string of the molecule is CCCCCCC/C(=N\NC(=S)Nc1cccnc1)c1ccc(O)cc1. The van der Waals surface area contributed by atoms with Crippen LogP contribution in [0.3, 0.4) is 0 Å². The van der Waals surface area contributed by atoms with E-state index in [-0.39, 0.29) is 5.75 Å². The van der Waals surface area contributed by atoms with Crippen molar-refractivity contribution in [2.45, 2.75) is 45.4 Å². The number of nitrogens with one attached hydrogen (secondary N) is 2. The molecule has 2 rings (SSSR count). The highest BCUT2D eigenvalue weighted by Gasteiger charge is 2.05. The number of rotatable bonds is 9. The van der Waals surface area contributed by atoms with Gasteiger partial charge in [-0.05, 0) is 67.0 Å². The van der Waals surface area contributed by atoms with Crippen LogP contribution in [0.5, 0.6) is 5.75 Å². The number of benzene rings is 1. The molecule has 3 N–H and O–H groups in total. The van der Waals surface area contributed by atoms with Crippen LogP contribution < -0.4 is 10.7 Å². The van der Waals surface area contributed by atoms with Crippen LogP contribution in [0.1, 0.15) is 51.0 Å². The van der Waals surface area contributed by atoms with Crippen LogP contribution in [0, 0.1) is 0 Å². The number of thiocarbonyl (C=S) groups is 1. The van der Waals surface area contributed by atoms with E-state index in [9.17, 15) is 5.11 Å². The predicted molar refractivity (Wildman–Crippen MR) is 112 cm³/mol. The molecule has 0 amide bonds. The zero-order chi connectivity index (χ0) is 18.6. The predicted octanol–water partition coefficient (Wildman–Crippen LogP) is 4.84. The van der Waals surface area contributed by atoms with E-state index < -0.39 is 0 Å². The molecule has 1 aromatic heterocycles. The van der Waals surface area contributed by atoms with Gasteiger partial charge in [0.15, 0.2) is 5.11 Å². The maximum Gasteiger partial charge on any atom is 0.191 e. The molecule has 6 heteroatoms. The van der Waals surface area contributed by atoms with Crippen LogP contribution in [-0.2, 0) is 0 Å². The molecule has 0 bridgehead atoms. The van der Waals surface area contributed by atoms with Gasteiger partial charge >= 0.3 is 0 Å². The molecule has 0 radical (unpaired) electrons. The van der Waals surface area contributed by atoms with E-state index in [0.717, 1.165) is 29.8 Å². The Bertz CT molecular complexity index is 702. The van der Waals surface area contributed by atoms with Crippen molar-refractivity contribution < 1.29 is 5.11 Å². The molecule has 0 unspecified atom stereocenters. The quantitative estimate of drug-likeness (QED) is 0.255. The number of phenols is 1. The van der Waals surface area contributed by atoms with E-state index in [4.69, 9.17) is 12.2 Å². The number of aromatic hydroxyl groups is 1. The van der Waals surface area contributed by atoms with E-state index in [1.165, 1.54) is 25.7 Å². The van der Waals surface area contributed by atoms with Crippen LogP contribution in [0.25, 0.3) is 0 Å². The van der Waals surface area contributed by atoms with Crippen molar-refractivity contribution in [1.82, 2.24) is 10.4 Å². The first kappa shape index (κ1) is 19.8. The standard InChI is InChI=1S/C20H26N4OS/c1-2-3-4-5-6-9-19(16-10-12-18(25)13-11-16)23-24-20(26)22-17-8-7-14-21-15-17/h7-8,10-15,25H,2-6,9H2,1H3,(H2,22,24,26)/b23-19+. The summed E-state index contributed by atoms with van der Waals surface area (Å²) in [7, 11) is 0. The van der Waals surface area contributed by atoms with Gasteiger partial charge in [0.05, 0.1) is 17.6 Å². The average Bonchev–Trinajstić information content (AvgIpc) is 2.66. The highest BCUT2D eigenvalue weighted by Crippen LogP contribution is 2.14. The number of pyridine rings is 1. The Hall–Kier alpha value is -2.47. The topological polar surface area (TPSA) is 69.5 Å². The minimum absolute atomic E-state index is 0.248. The second-order valence-corrected chi connectivity index (χ2v) is 6.49. The molecule has 0 aliphatic rings. The summed E-state index contributed by atoms with van der Waals surface area (Å²) >= 11 is 5.30. The monoisotopic (exact) mass is 370 g/mol. The van der Waals surface area contributed by atoms with Crippen molar-refractivity contribution in [1.29, 1.82) is 0 Å². The van der Waals surface area contributed by atoms with Gasteiger partial charge in [-0.3, -0.25) is 10.4 Å². The van der Waals surface area contributed by atoms with Gasteiger partial charge in [0.25, 0.3) is 0 Å². The lowest BCUT2D eigenvalue weighted by molar-refractivity contribution is 0.475. The van der Waals surface area contributed by atoms with Gasteiger partial charge in [-0.25, -0.2) is 0 Å². The molecule has 0 fully saturated rings. The Kier molecular flexibility index (Phi) is 8.55. The summed E-state index contributed by atoms with van der Waals surface area (Å²) in [6.07, 6.45) is 10.3. The third-order valence-electron chi connectivity index (χ3n) is 3.93. The van der Waals surface area contributed by atoms with Gasteiger partial charge < -0.3 is 10.4 Å². The molecule has 0 aliphatic heterocycles. The Morgan fingerprint density at radius 3 is 2.58 bits per heavy atom. The molecule has 5 nitrogen and oxygen atoms in total. The fourth-order valence-electron chi connectivity index (χ4n) is 2.53. The Balaban J connectivity index is 1.98. The molecule has 0 spiro atoms. The zero-order valence-electron chi connectivity index (χ0n) is 15.1. The van der Waals surface area contributed by atoms with E-state index in [0.29, 0.717) is 5.11 Å². The second kappa shape index (κ2) is 11.2. The summed E-state index contributed by atoms with van der Waals surface area (Å²) in [5.74, 6) is 0.248. The van der Waals surface area contributed by atoms with Gasteiger partial charge in [-0.15, -0.1) is 0 Å². The van der Waals surface area contributed by atoms with E-state index in [1.807, 2.05) is 24.3 Å². The summed E-state index contributed by atoms with van der Waals surface area (Å²) in [6.45, 7) is 2.21. The molecule has 0 saturated carbocycles. The number of nitrogens with zero attached hydrogens (tertiary/aromatic N) is 2. The molecular weight excluding hydrogens is 344 g/mol. The number of unbranched alkanes of at least 4 members (excludes halogenated alkanes) is 4. The largest absolute Gasteiger partial charge is 0.508 e. The van der Waals surface area contributed by atoms with Crippen molar-refractivity contribution in [2.75, 3.05) is 5.32 Å². The molecule has 2 aromatic rings. The Morgan fingerprint density at radius 2 is 1.88 bits per heavy atom. The lowest BCUT2D eigenvalue weighted by Crippen LogP contribution is -2.25. The molecule has 0 atom stereocenters. The highest BCUT2D eigenvalue weighted by molar-refractivity contribution is 7.80. The van der Waals surface area contributed by atoms with Gasteiger partial charge in [-0.2, -0.15) is 5.10 Å². The number of anilines is 1. The van der Waals surface area contributed by atoms with Crippen LogP contribution in [0.4, 0.5) is 5.69 Å². The first-order valence-electron chi connectivity index (χ1n) is 9.02.